The number of benzene rings is 4. The van der Waals surface area contributed by atoms with Crippen LogP contribution in [0.4, 0.5) is 0 Å². The van der Waals surface area contributed by atoms with Crippen molar-refractivity contribution >= 4 is 55.3 Å². The highest BCUT2D eigenvalue weighted by atomic mass is 16.3. The monoisotopic (exact) mass is 1460 g/mol. The number of aromatic amines is 2. The number of H-pyrrole nitrogens is 2. The molecule has 4 aliphatic rings. The van der Waals surface area contributed by atoms with Crippen LogP contribution >= 0.6 is 0 Å². The van der Waals surface area contributed by atoms with E-state index in [4.69, 9.17) is 34.1 Å². The Labute approximate surface area is 623 Å². The lowest BCUT2D eigenvalue weighted by molar-refractivity contribution is 0.534. The van der Waals surface area contributed by atoms with Crippen molar-refractivity contribution in [2.75, 3.05) is 0 Å². The van der Waals surface area contributed by atoms with E-state index in [1.807, 2.05) is 139 Å². The number of aromatic nitrogens is 24. The average Bonchev–Trinajstić information content (AvgIpc) is 1.64. The van der Waals surface area contributed by atoms with Gasteiger partial charge in [0.15, 0.2) is 0 Å². The number of rotatable bonds is 12. The first-order chi connectivity index (χ1) is 53.6. The van der Waals surface area contributed by atoms with Gasteiger partial charge in [-0.05, 0) is 139 Å². The molecule has 0 unspecified atom stereocenters. The van der Waals surface area contributed by atoms with Crippen LogP contribution in [0.15, 0.2) is 200 Å². The van der Waals surface area contributed by atoms with Crippen LogP contribution in [0.25, 0.3) is 146 Å². The fraction of sp³-hybridized carbons (Fsp3) is 0.250. The van der Waals surface area contributed by atoms with Crippen molar-refractivity contribution in [3.8, 4) is 90.6 Å². The van der Waals surface area contributed by atoms with Crippen molar-refractivity contribution in [3.63, 3.8) is 0 Å². The zero-order valence-corrected chi connectivity index (χ0v) is 60.8. The van der Waals surface area contributed by atoms with Gasteiger partial charge in [-0.15, -0.1) is 0 Å². The number of nitrogens with zero attached hydrogens (tertiary/aromatic N) is 22. The maximum Gasteiger partial charge on any atom is 0.306 e. The molecule has 18 aromatic rings. The van der Waals surface area contributed by atoms with E-state index in [0.717, 1.165) is 135 Å². The van der Waals surface area contributed by atoms with Crippen LogP contribution in [-0.4, -0.2) is 116 Å². The minimum atomic E-state index is -0.180. The summed E-state index contributed by atoms with van der Waals surface area (Å²) in [6.07, 6.45) is 29.6. The molecule has 110 heavy (non-hydrogen) atoms. The maximum absolute atomic E-state index is 12.6. The Morgan fingerprint density at radius 3 is 1.19 bits per heavy atom. The molecule has 16 heterocycles. The van der Waals surface area contributed by atoms with Crippen LogP contribution in [0.1, 0.15) is 102 Å². The predicted molar refractivity (Wildman–Crippen MR) is 413 cm³/mol. The number of fused-ring (bicyclic) bond motifs is 8. The minimum Gasteiger partial charge on any atom is -0.432 e. The van der Waals surface area contributed by atoms with E-state index < -0.39 is 0 Å². The lowest BCUT2D eigenvalue weighted by Crippen LogP contribution is -2.16. The van der Waals surface area contributed by atoms with Gasteiger partial charge in [0, 0.05) is 112 Å². The molecule has 0 amide bonds. The molecule has 2 N–H and O–H groups in total. The summed E-state index contributed by atoms with van der Waals surface area (Å²) in [6, 6.07) is 32.5. The third-order valence-corrected chi connectivity index (χ3v) is 20.7. The second kappa shape index (κ2) is 26.6. The molecule has 2 fully saturated rings. The second-order valence-corrected chi connectivity index (χ2v) is 28.8. The fourth-order valence-electron chi connectivity index (χ4n) is 14.7. The topological polar surface area (TPSA) is 329 Å². The van der Waals surface area contributed by atoms with Gasteiger partial charge in [0.05, 0.1) is 104 Å². The lowest BCUT2D eigenvalue weighted by Gasteiger charge is -2.09. The summed E-state index contributed by atoms with van der Waals surface area (Å²) in [5.41, 5.74) is 16.2. The van der Waals surface area contributed by atoms with Gasteiger partial charge in [0.25, 0.3) is 22.2 Å². The molecule has 22 rings (SSSR count). The summed E-state index contributed by atoms with van der Waals surface area (Å²) in [6.45, 7) is 10.2. The maximum atomic E-state index is 12.6. The van der Waals surface area contributed by atoms with Crippen LogP contribution < -0.4 is 22.2 Å². The van der Waals surface area contributed by atoms with Crippen LogP contribution in [-0.2, 0) is 40.0 Å². The summed E-state index contributed by atoms with van der Waals surface area (Å²) in [4.78, 5) is 91.1. The molecule has 2 aliphatic carbocycles. The van der Waals surface area contributed by atoms with E-state index in [-0.39, 0.29) is 28.3 Å². The van der Waals surface area contributed by atoms with Crippen LogP contribution in [0.3, 0.4) is 0 Å². The molecule has 0 saturated heterocycles. The molecular formula is C80H72N24O6. The first-order valence-electron chi connectivity index (χ1n) is 36.8. The Bertz CT molecular complexity index is 6500. The molecular weight excluding hydrogens is 1390 g/mol. The zero-order chi connectivity index (χ0) is 74.7. The molecule has 0 radical (unpaired) electrons. The quantitative estimate of drug-likeness (QED) is 0.115. The summed E-state index contributed by atoms with van der Waals surface area (Å²) < 4.78 is 30.2. The third-order valence-electron chi connectivity index (χ3n) is 20.7. The van der Waals surface area contributed by atoms with Gasteiger partial charge < -0.3 is 37.1 Å². The van der Waals surface area contributed by atoms with Crippen molar-refractivity contribution in [2.45, 2.75) is 116 Å². The van der Waals surface area contributed by atoms with Gasteiger partial charge in [0.2, 0.25) is 0 Å². The van der Waals surface area contributed by atoms with Crippen molar-refractivity contribution in [1.29, 1.82) is 0 Å². The van der Waals surface area contributed by atoms with Gasteiger partial charge in [-0.2, -0.15) is 30.4 Å². The Morgan fingerprint density at radius 2 is 0.791 bits per heavy atom. The zero-order valence-electron chi connectivity index (χ0n) is 60.8. The van der Waals surface area contributed by atoms with Crippen molar-refractivity contribution in [3.05, 3.63) is 225 Å². The smallest absolute Gasteiger partial charge is 0.306 e. The highest BCUT2D eigenvalue weighted by Crippen LogP contribution is 2.42. The molecule has 0 bridgehead atoms. The number of nitrogens with one attached hydrogen (secondary N) is 2. The number of imidazole rings is 4. The van der Waals surface area contributed by atoms with Crippen LogP contribution in [0.5, 0.6) is 0 Å². The molecule has 2 saturated carbocycles. The molecule has 0 atom stereocenters. The van der Waals surface area contributed by atoms with E-state index in [1.54, 1.807) is 45.5 Å². The van der Waals surface area contributed by atoms with Crippen molar-refractivity contribution < 1.29 is 8.83 Å². The van der Waals surface area contributed by atoms with E-state index in [1.165, 1.54) is 47.5 Å². The fourth-order valence-corrected chi connectivity index (χ4v) is 14.7. The summed E-state index contributed by atoms with van der Waals surface area (Å²) in [7, 11) is 3.45. The molecule has 4 aromatic carbocycles. The summed E-state index contributed by atoms with van der Waals surface area (Å²) in [5, 5.41) is 21.2. The average molecular weight is 1470 g/mol. The van der Waals surface area contributed by atoms with E-state index in [9.17, 15) is 19.2 Å². The number of oxazole rings is 2. The standard InChI is InChI=1S/C21H20N6O.C21H22N6O.C19H14N6O2.C19H16N6O2/c1-25-12-22-16-7-4-13(11-15(16)21(25)28)20-19(23-18-3-2-9-26(18)20)17-8-10-27(24-17)14-5-6-14;1-13(2)27-10-8-17(24-27)19-20(26-9-4-5-18(26)23-19)14-6-7-16-15(11-14)21(28)25(3)12-22-16;26-18-13-9-11(1-4-14(13)20-10-21-18)17-16(22-19-24(17)7-8-27-19)15-5-6-25(23-15)12-2-3-12;1-11(2)25-6-5-15(23-25)16-17(24-7-8-27-19(24)22-16)12-3-4-14-13(9-12)18(26)21-10-20-14/h4,7-8,10-12,14H,2-3,5-6,9H2,1H3;6-8,10-13H,4-5,9H2,1-3H3;1,4-10,12H,2-3H2,(H,20,21,26);3-11H,1-2H3,(H,20,21,26). The van der Waals surface area contributed by atoms with Gasteiger partial charge in [-0.25, -0.2) is 29.9 Å². The van der Waals surface area contributed by atoms with E-state index >= 15 is 0 Å². The summed E-state index contributed by atoms with van der Waals surface area (Å²) >= 11 is 0. The normalized spacial score (nSPS) is 14.0. The molecule has 0 spiro atoms. The van der Waals surface area contributed by atoms with Crippen LogP contribution in [0, 0.1) is 0 Å². The SMILES string of the molecule is CC(C)n1ccc(-c2nc3n(c2-c2ccc4ncn(C)c(=O)c4c2)CCC3)n1.CC(C)n1ccc(-c2nc3occn3c2-c2ccc3nc[nH]c(=O)c3c2)n1.Cn1cnc2ccc(-c3c(-c4ccn(C5CC5)n4)nc4n3CCC4)cc2c1=O.O=c1[nH]cnc2ccc(-c3c(-c4ccn(C5CC5)n4)nc4occn34)cc12. The Kier molecular flexibility index (Phi) is 16.2. The first kappa shape index (κ1) is 66.9. The first-order valence-corrected chi connectivity index (χ1v) is 36.8. The Hall–Kier alpha value is -13.8. The molecule has 30 nitrogen and oxygen atoms in total. The van der Waals surface area contributed by atoms with Gasteiger partial charge in [-0.1, -0.05) is 24.3 Å². The van der Waals surface area contributed by atoms with Crippen molar-refractivity contribution in [1.82, 2.24) is 116 Å². The second-order valence-electron chi connectivity index (χ2n) is 28.8. The van der Waals surface area contributed by atoms with Crippen LogP contribution in [0.2, 0.25) is 0 Å². The molecule has 14 aromatic heterocycles. The minimum absolute atomic E-state index is 0.0347. The van der Waals surface area contributed by atoms with E-state index in [2.05, 4.69) is 98.7 Å². The largest absolute Gasteiger partial charge is 0.432 e. The number of hydrogen-bond donors (Lipinski definition) is 2. The van der Waals surface area contributed by atoms with Crippen molar-refractivity contribution in [2.24, 2.45) is 14.1 Å². The number of hydrogen-bond acceptors (Lipinski definition) is 18. The molecule has 548 valence electrons. The Balaban J connectivity index is 0.0000000993. The predicted octanol–water partition coefficient (Wildman–Crippen LogP) is 12.4. The Morgan fingerprint density at radius 1 is 0.418 bits per heavy atom. The highest BCUT2D eigenvalue weighted by Gasteiger charge is 2.31. The third kappa shape index (κ3) is 11.9. The van der Waals surface area contributed by atoms with E-state index in [0.29, 0.717) is 79.1 Å². The van der Waals surface area contributed by atoms with Gasteiger partial charge in [-0.3, -0.25) is 46.7 Å². The highest BCUT2D eigenvalue weighted by molar-refractivity contribution is 5.91. The summed E-state index contributed by atoms with van der Waals surface area (Å²) in [5.74, 6) is 3.15. The number of aryl methyl sites for hydroxylation is 4. The van der Waals surface area contributed by atoms with Gasteiger partial charge in [0.1, 0.15) is 69.7 Å². The molecule has 30 heteroatoms. The van der Waals surface area contributed by atoms with Gasteiger partial charge >= 0.3 is 11.7 Å². The lowest BCUT2D eigenvalue weighted by atomic mass is 10.1. The molecule has 2 aliphatic heterocycles.